The largest absolute Gasteiger partial charge is 0.392 e. The zero-order valence-electron chi connectivity index (χ0n) is 7.72. The molecule has 0 amide bonds. The van der Waals surface area contributed by atoms with Crippen molar-refractivity contribution in [3.8, 4) is 0 Å². The van der Waals surface area contributed by atoms with E-state index in [0.29, 0.717) is 5.41 Å². The minimum absolute atomic E-state index is 0.215. The molecule has 1 aliphatic carbocycles. The minimum atomic E-state index is 0.215. The van der Waals surface area contributed by atoms with Crippen LogP contribution in [0.4, 0.5) is 0 Å². The molecule has 1 rings (SSSR count). The van der Waals surface area contributed by atoms with Crippen LogP contribution in [0.5, 0.6) is 0 Å². The van der Waals surface area contributed by atoms with E-state index in [2.05, 4.69) is 19.9 Å². The fourth-order valence-electron chi connectivity index (χ4n) is 1.39. The molecule has 11 heavy (non-hydrogen) atoms. The Morgan fingerprint density at radius 1 is 1.64 bits per heavy atom. The molecule has 1 fully saturated rings. The van der Waals surface area contributed by atoms with E-state index >= 15 is 0 Å². The van der Waals surface area contributed by atoms with Gasteiger partial charge < -0.3 is 5.11 Å². The summed E-state index contributed by atoms with van der Waals surface area (Å²) in [5.41, 5.74) is 1.68. The first-order valence-electron chi connectivity index (χ1n) is 4.33. The van der Waals surface area contributed by atoms with E-state index in [0.717, 1.165) is 17.9 Å². The maximum atomic E-state index is 8.73. The molecule has 0 saturated heterocycles. The van der Waals surface area contributed by atoms with Crippen LogP contribution in [-0.2, 0) is 0 Å². The van der Waals surface area contributed by atoms with Gasteiger partial charge in [-0.15, -0.1) is 0 Å². The molecule has 1 saturated carbocycles. The lowest BCUT2D eigenvalue weighted by molar-refractivity contribution is 0.330. The highest BCUT2D eigenvalue weighted by Crippen LogP contribution is 2.53. The Hall–Kier alpha value is -0.300. The lowest BCUT2D eigenvalue weighted by Gasteiger charge is -1.99. The number of allylic oxidation sites excluding steroid dienone is 1. The second-order valence-corrected chi connectivity index (χ2v) is 4.33. The minimum Gasteiger partial charge on any atom is -0.392 e. The van der Waals surface area contributed by atoms with E-state index in [1.54, 1.807) is 0 Å². The molecular formula is C10H18O. The zero-order valence-corrected chi connectivity index (χ0v) is 7.72. The second-order valence-electron chi connectivity index (χ2n) is 4.33. The van der Waals surface area contributed by atoms with Gasteiger partial charge in [-0.2, -0.15) is 0 Å². The van der Waals surface area contributed by atoms with Crippen molar-refractivity contribution in [1.82, 2.24) is 0 Å². The highest BCUT2D eigenvalue weighted by atomic mass is 16.3. The summed E-state index contributed by atoms with van der Waals surface area (Å²) >= 11 is 0. The first kappa shape index (κ1) is 8.79. The highest BCUT2D eigenvalue weighted by Gasteiger charge is 2.44. The van der Waals surface area contributed by atoms with E-state index in [9.17, 15) is 0 Å². The normalized spacial score (nSPS) is 28.7. The monoisotopic (exact) mass is 154 g/mol. The van der Waals surface area contributed by atoms with Gasteiger partial charge in [0.15, 0.2) is 0 Å². The van der Waals surface area contributed by atoms with Gasteiger partial charge in [0.05, 0.1) is 6.61 Å². The average Bonchev–Trinajstić information content (AvgIpc) is 2.54. The average molecular weight is 154 g/mol. The molecule has 0 spiro atoms. The molecule has 0 aromatic carbocycles. The fraction of sp³-hybridized carbons (Fsp3) is 0.800. The Bertz CT molecular complexity index is 168. The summed E-state index contributed by atoms with van der Waals surface area (Å²) < 4.78 is 0. The summed E-state index contributed by atoms with van der Waals surface area (Å²) in [6.45, 7) is 6.81. The summed E-state index contributed by atoms with van der Waals surface area (Å²) in [6, 6.07) is 0. The molecule has 64 valence electrons. The lowest BCUT2D eigenvalue weighted by atomic mass is 10.1. The zero-order chi connectivity index (χ0) is 8.48. The molecule has 0 heterocycles. The number of rotatable bonds is 3. The maximum Gasteiger partial charge on any atom is 0.0639 e. The molecule has 0 aromatic rings. The Labute approximate surface area is 69.1 Å². The molecule has 1 atom stereocenters. The van der Waals surface area contributed by atoms with Crippen molar-refractivity contribution in [1.29, 1.82) is 0 Å². The smallest absolute Gasteiger partial charge is 0.0639 e. The summed E-state index contributed by atoms with van der Waals surface area (Å²) in [7, 11) is 0. The van der Waals surface area contributed by atoms with Crippen molar-refractivity contribution in [3.05, 3.63) is 11.6 Å². The van der Waals surface area contributed by atoms with Gasteiger partial charge in [0.25, 0.3) is 0 Å². The molecule has 1 N–H and O–H groups in total. The maximum absolute atomic E-state index is 8.73. The molecule has 0 radical (unpaired) electrons. The standard InChI is InChI=1S/C10H18O/c1-8(7-11)4-5-9-6-10(9,2)3/h4,9,11H,5-7H2,1-3H3/b8-4-. The molecule has 0 aromatic heterocycles. The van der Waals surface area contributed by atoms with Crippen LogP contribution in [0.25, 0.3) is 0 Å². The summed E-state index contributed by atoms with van der Waals surface area (Å²) in [4.78, 5) is 0. The Morgan fingerprint density at radius 2 is 2.18 bits per heavy atom. The van der Waals surface area contributed by atoms with Crippen LogP contribution in [0.1, 0.15) is 33.6 Å². The van der Waals surface area contributed by atoms with Crippen LogP contribution in [0.3, 0.4) is 0 Å². The predicted octanol–water partition coefficient (Wildman–Crippen LogP) is 2.36. The van der Waals surface area contributed by atoms with E-state index in [1.807, 2.05) is 6.92 Å². The first-order valence-corrected chi connectivity index (χ1v) is 4.33. The molecular weight excluding hydrogens is 136 g/mol. The van der Waals surface area contributed by atoms with Crippen LogP contribution in [-0.4, -0.2) is 11.7 Å². The quantitative estimate of drug-likeness (QED) is 0.619. The predicted molar refractivity (Wildman–Crippen MR) is 47.3 cm³/mol. The summed E-state index contributed by atoms with van der Waals surface area (Å²) in [5.74, 6) is 0.865. The van der Waals surface area contributed by atoms with Crippen LogP contribution in [0, 0.1) is 11.3 Å². The number of aliphatic hydroxyl groups excluding tert-OH is 1. The summed E-state index contributed by atoms with van der Waals surface area (Å²) in [5, 5.41) is 8.73. The Kier molecular flexibility index (Phi) is 2.38. The molecule has 1 heteroatoms. The SMILES string of the molecule is C/C(=C/CC1CC1(C)C)CO. The second kappa shape index (κ2) is 2.98. The lowest BCUT2D eigenvalue weighted by Crippen LogP contribution is -1.90. The van der Waals surface area contributed by atoms with Crippen molar-refractivity contribution < 1.29 is 5.11 Å². The Morgan fingerprint density at radius 3 is 2.55 bits per heavy atom. The molecule has 0 aliphatic heterocycles. The van der Waals surface area contributed by atoms with E-state index in [1.165, 1.54) is 6.42 Å². The third-order valence-electron chi connectivity index (χ3n) is 2.72. The van der Waals surface area contributed by atoms with E-state index < -0.39 is 0 Å². The van der Waals surface area contributed by atoms with Gasteiger partial charge >= 0.3 is 0 Å². The number of hydrogen-bond donors (Lipinski definition) is 1. The van der Waals surface area contributed by atoms with Gasteiger partial charge in [0.2, 0.25) is 0 Å². The van der Waals surface area contributed by atoms with Crippen LogP contribution in [0.15, 0.2) is 11.6 Å². The third kappa shape index (κ3) is 2.33. The van der Waals surface area contributed by atoms with Crippen molar-refractivity contribution in [3.63, 3.8) is 0 Å². The van der Waals surface area contributed by atoms with E-state index in [4.69, 9.17) is 5.11 Å². The van der Waals surface area contributed by atoms with Crippen LogP contribution >= 0.6 is 0 Å². The molecule has 1 aliphatic rings. The van der Waals surface area contributed by atoms with Gasteiger partial charge in [-0.05, 0) is 31.1 Å². The van der Waals surface area contributed by atoms with Gasteiger partial charge in [0.1, 0.15) is 0 Å². The topological polar surface area (TPSA) is 20.2 Å². The first-order chi connectivity index (χ1) is 5.06. The molecule has 0 bridgehead atoms. The fourth-order valence-corrected chi connectivity index (χ4v) is 1.39. The Balaban J connectivity index is 2.25. The van der Waals surface area contributed by atoms with Crippen molar-refractivity contribution in [2.24, 2.45) is 11.3 Å². The molecule has 1 nitrogen and oxygen atoms in total. The van der Waals surface area contributed by atoms with Gasteiger partial charge in [0, 0.05) is 0 Å². The van der Waals surface area contributed by atoms with Crippen LogP contribution in [0.2, 0.25) is 0 Å². The van der Waals surface area contributed by atoms with Crippen LogP contribution < -0.4 is 0 Å². The van der Waals surface area contributed by atoms with Crippen molar-refractivity contribution in [2.45, 2.75) is 33.6 Å². The van der Waals surface area contributed by atoms with Gasteiger partial charge in [-0.1, -0.05) is 25.5 Å². The van der Waals surface area contributed by atoms with E-state index in [-0.39, 0.29) is 6.61 Å². The highest BCUT2D eigenvalue weighted by molar-refractivity contribution is 5.04. The molecule has 1 unspecified atom stereocenters. The number of aliphatic hydroxyl groups is 1. The van der Waals surface area contributed by atoms with Crippen molar-refractivity contribution in [2.75, 3.05) is 6.61 Å². The number of hydrogen-bond acceptors (Lipinski definition) is 1. The van der Waals surface area contributed by atoms with Gasteiger partial charge in [-0.3, -0.25) is 0 Å². The third-order valence-corrected chi connectivity index (χ3v) is 2.72. The summed E-state index contributed by atoms with van der Waals surface area (Å²) in [6.07, 6.45) is 4.67. The van der Waals surface area contributed by atoms with Crippen molar-refractivity contribution >= 4 is 0 Å². The van der Waals surface area contributed by atoms with Gasteiger partial charge in [-0.25, -0.2) is 0 Å².